The van der Waals surface area contributed by atoms with Crippen LogP contribution < -0.4 is 5.32 Å². The van der Waals surface area contributed by atoms with E-state index in [1.54, 1.807) is 0 Å². The summed E-state index contributed by atoms with van der Waals surface area (Å²) in [5.41, 5.74) is 2.65. The fraction of sp³-hybridized carbons (Fsp3) is 0.500. The molecule has 0 spiro atoms. The molecule has 3 nitrogen and oxygen atoms in total. The summed E-state index contributed by atoms with van der Waals surface area (Å²) in [5, 5.41) is 11.8. The maximum Gasteiger partial charge on any atom is 0.303 e. The number of carbonyl (C=O) groups is 1. The molecule has 0 aliphatic rings. The molecule has 17 heavy (non-hydrogen) atoms. The quantitative estimate of drug-likeness (QED) is 0.680. The molecule has 0 aliphatic heterocycles. The van der Waals surface area contributed by atoms with Crippen molar-refractivity contribution in [1.29, 1.82) is 0 Å². The lowest BCUT2D eigenvalue weighted by molar-refractivity contribution is -0.137. The first-order chi connectivity index (χ1) is 8.18. The first-order valence-corrected chi connectivity index (χ1v) is 6.16. The van der Waals surface area contributed by atoms with Gasteiger partial charge in [-0.05, 0) is 44.8 Å². The van der Waals surface area contributed by atoms with Crippen LogP contribution >= 0.6 is 0 Å². The second-order valence-electron chi connectivity index (χ2n) is 4.34. The number of unbranched alkanes of at least 4 members (excludes halogenated alkanes) is 1. The molecular weight excluding hydrogens is 214 g/mol. The van der Waals surface area contributed by atoms with Gasteiger partial charge in [-0.15, -0.1) is 0 Å². The maximum absolute atomic E-state index is 10.3. The summed E-state index contributed by atoms with van der Waals surface area (Å²) in [7, 11) is 0. The third kappa shape index (κ3) is 6.74. The summed E-state index contributed by atoms with van der Waals surface area (Å²) in [5.74, 6) is -0.704. The molecule has 0 unspecified atom stereocenters. The van der Waals surface area contributed by atoms with Crippen molar-refractivity contribution in [3.8, 4) is 0 Å². The minimum absolute atomic E-state index is 0.277. The highest BCUT2D eigenvalue weighted by Crippen LogP contribution is 2.03. The Balaban J connectivity index is 2.03. The van der Waals surface area contributed by atoms with Gasteiger partial charge in [0.05, 0.1) is 0 Å². The van der Waals surface area contributed by atoms with E-state index in [-0.39, 0.29) is 6.42 Å². The summed E-state index contributed by atoms with van der Waals surface area (Å²) in [6.07, 6.45) is 2.99. The van der Waals surface area contributed by atoms with E-state index in [1.807, 2.05) is 0 Å². The van der Waals surface area contributed by atoms with Crippen LogP contribution in [-0.2, 0) is 11.2 Å². The third-order valence-electron chi connectivity index (χ3n) is 2.67. The largest absolute Gasteiger partial charge is 0.481 e. The zero-order valence-electron chi connectivity index (χ0n) is 10.4. The van der Waals surface area contributed by atoms with Crippen LogP contribution in [0.1, 0.15) is 30.4 Å². The minimum atomic E-state index is -0.704. The van der Waals surface area contributed by atoms with Gasteiger partial charge in [0.25, 0.3) is 0 Å². The van der Waals surface area contributed by atoms with Gasteiger partial charge in [-0.25, -0.2) is 0 Å². The van der Waals surface area contributed by atoms with Crippen LogP contribution in [0.5, 0.6) is 0 Å². The number of aryl methyl sites for hydroxylation is 1. The van der Waals surface area contributed by atoms with E-state index < -0.39 is 5.97 Å². The summed E-state index contributed by atoms with van der Waals surface area (Å²) in [6.45, 7) is 3.96. The van der Waals surface area contributed by atoms with Crippen LogP contribution in [0.4, 0.5) is 0 Å². The van der Waals surface area contributed by atoms with Crippen molar-refractivity contribution in [3.05, 3.63) is 35.4 Å². The predicted molar refractivity (Wildman–Crippen MR) is 69.2 cm³/mol. The monoisotopic (exact) mass is 235 g/mol. The molecule has 0 aliphatic carbocycles. The molecule has 0 radical (unpaired) electrons. The predicted octanol–water partition coefficient (Wildman–Crippen LogP) is 2.38. The molecule has 0 saturated heterocycles. The first-order valence-electron chi connectivity index (χ1n) is 6.16. The van der Waals surface area contributed by atoms with Gasteiger partial charge in [0.1, 0.15) is 0 Å². The number of carboxylic acid groups (broad SMARTS) is 1. The van der Waals surface area contributed by atoms with Gasteiger partial charge in [-0.1, -0.05) is 29.8 Å². The first kappa shape index (κ1) is 13.7. The van der Waals surface area contributed by atoms with E-state index in [1.165, 1.54) is 11.1 Å². The number of rotatable bonds is 8. The molecule has 0 saturated carbocycles. The highest BCUT2D eigenvalue weighted by atomic mass is 16.4. The average molecular weight is 235 g/mol. The van der Waals surface area contributed by atoms with Crippen molar-refractivity contribution in [2.75, 3.05) is 13.1 Å². The van der Waals surface area contributed by atoms with Crippen molar-refractivity contribution in [2.45, 2.75) is 32.6 Å². The summed E-state index contributed by atoms with van der Waals surface area (Å²) >= 11 is 0. The molecule has 1 aromatic carbocycles. The molecule has 0 aromatic heterocycles. The fourth-order valence-corrected chi connectivity index (χ4v) is 1.75. The molecule has 1 aromatic rings. The second-order valence-corrected chi connectivity index (χ2v) is 4.34. The molecule has 3 heteroatoms. The van der Waals surface area contributed by atoms with Crippen molar-refractivity contribution in [3.63, 3.8) is 0 Å². The third-order valence-corrected chi connectivity index (χ3v) is 2.67. The Morgan fingerprint density at radius 1 is 1.29 bits per heavy atom. The van der Waals surface area contributed by atoms with E-state index in [9.17, 15) is 4.79 Å². The smallest absolute Gasteiger partial charge is 0.303 e. The summed E-state index contributed by atoms with van der Waals surface area (Å²) < 4.78 is 0. The van der Waals surface area contributed by atoms with Crippen LogP contribution in [0.2, 0.25) is 0 Å². The standard InChI is InChI=1S/C14H21NO2/c1-12-5-4-6-13(11-12)8-10-15-9-3-2-7-14(16)17/h4-6,11,15H,2-3,7-10H2,1H3,(H,16,17). The van der Waals surface area contributed by atoms with Crippen LogP contribution in [0.3, 0.4) is 0 Å². The molecule has 0 atom stereocenters. The number of aliphatic carboxylic acids is 1. The molecule has 2 N–H and O–H groups in total. The summed E-state index contributed by atoms with van der Waals surface area (Å²) in [4.78, 5) is 10.3. The van der Waals surface area contributed by atoms with Gasteiger partial charge in [-0.2, -0.15) is 0 Å². The normalized spacial score (nSPS) is 10.4. The molecule has 0 amide bonds. The van der Waals surface area contributed by atoms with Gasteiger partial charge in [0, 0.05) is 6.42 Å². The number of hydrogen-bond donors (Lipinski definition) is 2. The lowest BCUT2D eigenvalue weighted by atomic mass is 10.1. The Morgan fingerprint density at radius 2 is 2.12 bits per heavy atom. The van der Waals surface area contributed by atoms with Gasteiger partial charge < -0.3 is 10.4 Å². The Kier molecular flexibility index (Phi) is 6.33. The van der Waals surface area contributed by atoms with E-state index in [4.69, 9.17) is 5.11 Å². The number of nitrogens with one attached hydrogen (secondary N) is 1. The zero-order valence-corrected chi connectivity index (χ0v) is 10.4. The van der Waals surface area contributed by atoms with Gasteiger partial charge in [-0.3, -0.25) is 4.79 Å². The lowest BCUT2D eigenvalue weighted by Crippen LogP contribution is -2.18. The average Bonchev–Trinajstić information content (AvgIpc) is 2.27. The lowest BCUT2D eigenvalue weighted by Gasteiger charge is -2.05. The van der Waals surface area contributed by atoms with Crippen molar-refractivity contribution in [1.82, 2.24) is 5.32 Å². The van der Waals surface area contributed by atoms with E-state index in [2.05, 4.69) is 36.5 Å². The Hall–Kier alpha value is -1.35. The number of benzene rings is 1. The second kappa shape index (κ2) is 7.85. The van der Waals surface area contributed by atoms with E-state index in [0.29, 0.717) is 0 Å². The van der Waals surface area contributed by atoms with Crippen molar-refractivity contribution in [2.24, 2.45) is 0 Å². The van der Waals surface area contributed by atoms with Gasteiger partial charge >= 0.3 is 5.97 Å². The molecule has 0 heterocycles. The number of carboxylic acids is 1. The molecule has 0 bridgehead atoms. The number of hydrogen-bond acceptors (Lipinski definition) is 2. The topological polar surface area (TPSA) is 49.3 Å². The fourth-order valence-electron chi connectivity index (χ4n) is 1.75. The van der Waals surface area contributed by atoms with Crippen LogP contribution in [0.15, 0.2) is 24.3 Å². The van der Waals surface area contributed by atoms with Crippen molar-refractivity contribution >= 4 is 5.97 Å². The van der Waals surface area contributed by atoms with Crippen molar-refractivity contribution < 1.29 is 9.90 Å². The van der Waals surface area contributed by atoms with Gasteiger partial charge in [0.15, 0.2) is 0 Å². The zero-order chi connectivity index (χ0) is 12.5. The van der Waals surface area contributed by atoms with Crippen LogP contribution in [-0.4, -0.2) is 24.2 Å². The highest BCUT2D eigenvalue weighted by molar-refractivity contribution is 5.66. The maximum atomic E-state index is 10.3. The SMILES string of the molecule is Cc1cccc(CCNCCCCC(=O)O)c1. The van der Waals surface area contributed by atoms with E-state index in [0.717, 1.165) is 32.4 Å². The molecule has 1 rings (SSSR count). The highest BCUT2D eigenvalue weighted by Gasteiger charge is 1.96. The van der Waals surface area contributed by atoms with Gasteiger partial charge in [0.2, 0.25) is 0 Å². The van der Waals surface area contributed by atoms with Crippen LogP contribution in [0, 0.1) is 6.92 Å². The minimum Gasteiger partial charge on any atom is -0.481 e. The molecule has 0 fully saturated rings. The van der Waals surface area contributed by atoms with Crippen LogP contribution in [0.25, 0.3) is 0 Å². The molecular formula is C14H21NO2. The van der Waals surface area contributed by atoms with E-state index >= 15 is 0 Å². The Bertz CT molecular complexity index is 350. The summed E-state index contributed by atoms with van der Waals surface area (Å²) in [6, 6.07) is 8.52. The Labute approximate surface area is 103 Å². The molecule has 94 valence electrons. The Morgan fingerprint density at radius 3 is 2.82 bits per heavy atom.